The van der Waals surface area contributed by atoms with Crippen molar-refractivity contribution in [2.24, 2.45) is 0 Å². The number of aryl methyl sites for hydroxylation is 1. The first kappa shape index (κ1) is 5.69. The molecule has 0 saturated heterocycles. The molecule has 0 unspecified atom stereocenters. The predicted molar refractivity (Wildman–Crippen MR) is 35.2 cm³/mol. The first-order chi connectivity index (χ1) is 3.84. The summed E-state index contributed by atoms with van der Waals surface area (Å²) in [6.07, 6.45) is 1.74. The quantitative estimate of drug-likeness (QED) is 0.562. The molecule has 8 heavy (non-hydrogen) atoms. The van der Waals surface area contributed by atoms with Gasteiger partial charge in [-0.15, -0.1) is 12.6 Å². The second kappa shape index (κ2) is 2.22. The van der Waals surface area contributed by atoms with E-state index in [9.17, 15) is 0 Å². The zero-order valence-electron chi connectivity index (χ0n) is 4.70. The van der Waals surface area contributed by atoms with E-state index in [4.69, 9.17) is 0 Å². The van der Waals surface area contributed by atoms with Crippen molar-refractivity contribution in [3.05, 3.63) is 12.3 Å². The summed E-state index contributed by atoms with van der Waals surface area (Å²) in [5.74, 6) is 0. The molecule has 0 bridgehead atoms. The number of hydrogen-bond donors (Lipinski definition) is 1. The van der Waals surface area contributed by atoms with Crippen LogP contribution in [0.25, 0.3) is 0 Å². The minimum atomic E-state index is 0.895. The molecule has 1 aromatic heterocycles. The van der Waals surface area contributed by atoms with E-state index in [2.05, 4.69) is 17.7 Å². The van der Waals surface area contributed by atoms with Gasteiger partial charge in [0.25, 0.3) is 0 Å². The Hall–Kier alpha value is -0.440. The normalized spacial score (nSPS) is 9.75. The van der Waals surface area contributed by atoms with Gasteiger partial charge < -0.3 is 0 Å². The highest BCUT2D eigenvalue weighted by Crippen LogP contribution is 2.01. The van der Waals surface area contributed by atoms with Gasteiger partial charge in [-0.05, 0) is 13.0 Å². The average molecular weight is 128 g/mol. The summed E-state index contributed by atoms with van der Waals surface area (Å²) in [5, 5.41) is 4.90. The number of nitrogens with zero attached hydrogens (tertiary/aromatic N) is 2. The summed E-state index contributed by atoms with van der Waals surface area (Å²) < 4.78 is 1.82. The maximum absolute atomic E-state index is 4.13. The molecule has 0 amide bonds. The third kappa shape index (κ3) is 0.865. The minimum Gasteiger partial charge on any atom is -0.260 e. The fourth-order valence-electron chi connectivity index (χ4n) is 0.569. The van der Waals surface area contributed by atoms with Crippen LogP contribution in [-0.4, -0.2) is 9.78 Å². The zero-order chi connectivity index (χ0) is 5.98. The molecule has 1 aromatic rings. The van der Waals surface area contributed by atoms with E-state index in [1.165, 1.54) is 0 Å². The molecule has 1 heterocycles. The van der Waals surface area contributed by atoms with Gasteiger partial charge in [-0.1, -0.05) is 0 Å². The largest absolute Gasteiger partial charge is 0.260 e. The Kier molecular flexibility index (Phi) is 1.58. The van der Waals surface area contributed by atoms with Crippen LogP contribution in [-0.2, 0) is 6.54 Å². The Morgan fingerprint density at radius 1 is 1.88 bits per heavy atom. The van der Waals surface area contributed by atoms with Gasteiger partial charge in [0.2, 0.25) is 0 Å². The number of thiol groups is 1. The summed E-state index contributed by atoms with van der Waals surface area (Å²) in [4.78, 5) is 0. The van der Waals surface area contributed by atoms with Crippen molar-refractivity contribution in [1.29, 1.82) is 0 Å². The van der Waals surface area contributed by atoms with Crippen molar-refractivity contribution in [2.75, 3.05) is 0 Å². The van der Waals surface area contributed by atoms with E-state index >= 15 is 0 Å². The Bertz CT molecular complexity index is 171. The molecule has 0 spiro atoms. The van der Waals surface area contributed by atoms with Gasteiger partial charge in [0, 0.05) is 6.54 Å². The third-order valence-electron chi connectivity index (χ3n) is 0.994. The van der Waals surface area contributed by atoms with E-state index in [-0.39, 0.29) is 0 Å². The molecule has 0 aliphatic carbocycles. The SMILES string of the molecule is CCn1nccc1S. The van der Waals surface area contributed by atoms with Gasteiger partial charge >= 0.3 is 0 Å². The second-order valence-corrected chi connectivity index (χ2v) is 1.96. The second-order valence-electron chi connectivity index (χ2n) is 1.51. The average Bonchev–Trinajstić information content (AvgIpc) is 2.14. The van der Waals surface area contributed by atoms with Gasteiger partial charge in [-0.2, -0.15) is 5.10 Å². The fraction of sp³-hybridized carbons (Fsp3) is 0.400. The molecule has 1 rings (SSSR count). The Labute approximate surface area is 53.9 Å². The molecule has 0 radical (unpaired) electrons. The van der Waals surface area contributed by atoms with E-state index in [1.54, 1.807) is 6.20 Å². The molecular formula is C5H8N2S. The van der Waals surface area contributed by atoms with Gasteiger partial charge in [0.15, 0.2) is 0 Å². The standard InChI is InChI=1S/C5H8N2S/c1-2-7-5(8)3-4-6-7/h3-4,8H,2H2,1H3. The van der Waals surface area contributed by atoms with Gasteiger partial charge in [0.1, 0.15) is 0 Å². The predicted octanol–water partition coefficient (Wildman–Crippen LogP) is 1.19. The van der Waals surface area contributed by atoms with Gasteiger partial charge in [-0.25, -0.2) is 0 Å². The lowest BCUT2D eigenvalue weighted by Gasteiger charge is -1.93. The lowest BCUT2D eigenvalue weighted by molar-refractivity contribution is 0.607. The summed E-state index contributed by atoms with van der Waals surface area (Å²) in [6.45, 7) is 2.93. The van der Waals surface area contributed by atoms with Crippen LogP contribution in [0.3, 0.4) is 0 Å². The maximum Gasteiger partial charge on any atom is 0.0909 e. The van der Waals surface area contributed by atoms with Gasteiger partial charge in [0.05, 0.1) is 11.2 Å². The van der Waals surface area contributed by atoms with E-state index in [0.29, 0.717) is 0 Å². The first-order valence-corrected chi connectivity index (χ1v) is 3.00. The van der Waals surface area contributed by atoms with Crippen LogP contribution in [0.2, 0.25) is 0 Å². The van der Waals surface area contributed by atoms with Crippen LogP contribution in [0.1, 0.15) is 6.92 Å². The molecule has 3 heteroatoms. The molecule has 0 fully saturated rings. The summed E-state index contributed by atoms with van der Waals surface area (Å²) in [5.41, 5.74) is 0. The van der Waals surface area contributed by atoms with E-state index in [1.807, 2.05) is 17.7 Å². The van der Waals surface area contributed by atoms with Crippen molar-refractivity contribution in [3.63, 3.8) is 0 Å². The molecule has 0 aliphatic rings. The fourth-order valence-corrected chi connectivity index (χ4v) is 0.829. The smallest absolute Gasteiger partial charge is 0.0909 e. The van der Waals surface area contributed by atoms with Crippen LogP contribution in [0, 0.1) is 0 Å². The van der Waals surface area contributed by atoms with Crippen LogP contribution < -0.4 is 0 Å². The number of rotatable bonds is 1. The highest BCUT2D eigenvalue weighted by Gasteiger charge is 1.89. The van der Waals surface area contributed by atoms with Crippen molar-refractivity contribution in [3.8, 4) is 0 Å². The molecule has 0 aromatic carbocycles. The van der Waals surface area contributed by atoms with Crippen molar-refractivity contribution < 1.29 is 0 Å². The molecule has 44 valence electrons. The summed E-state index contributed by atoms with van der Waals surface area (Å²) in [6, 6.07) is 1.87. The van der Waals surface area contributed by atoms with Crippen LogP contribution in [0.4, 0.5) is 0 Å². The van der Waals surface area contributed by atoms with Crippen LogP contribution in [0.15, 0.2) is 17.3 Å². The Morgan fingerprint density at radius 3 is 2.88 bits per heavy atom. The lowest BCUT2D eigenvalue weighted by Crippen LogP contribution is -1.95. The monoisotopic (exact) mass is 128 g/mol. The highest BCUT2D eigenvalue weighted by molar-refractivity contribution is 7.80. The molecular weight excluding hydrogens is 120 g/mol. The molecule has 0 aliphatic heterocycles. The Morgan fingerprint density at radius 2 is 2.62 bits per heavy atom. The van der Waals surface area contributed by atoms with Crippen molar-refractivity contribution in [1.82, 2.24) is 9.78 Å². The highest BCUT2D eigenvalue weighted by atomic mass is 32.1. The van der Waals surface area contributed by atoms with E-state index in [0.717, 1.165) is 11.6 Å². The third-order valence-corrected chi connectivity index (χ3v) is 1.37. The summed E-state index contributed by atoms with van der Waals surface area (Å²) in [7, 11) is 0. The molecule has 0 atom stereocenters. The minimum absolute atomic E-state index is 0.895. The number of hydrogen-bond acceptors (Lipinski definition) is 2. The van der Waals surface area contributed by atoms with Crippen molar-refractivity contribution >= 4 is 12.6 Å². The van der Waals surface area contributed by atoms with E-state index < -0.39 is 0 Å². The molecule has 0 N–H and O–H groups in total. The molecule has 2 nitrogen and oxygen atoms in total. The number of aromatic nitrogens is 2. The van der Waals surface area contributed by atoms with Crippen molar-refractivity contribution in [2.45, 2.75) is 18.5 Å². The molecule has 0 saturated carbocycles. The topological polar surface area (TPSA) is 17.8 Å². The maximum atomic E-state index is 4.13. The lowest BCUT2D eigenvalue weighted by atomic mass is 10.7. The van der Waals surface area contributed by atoms with Gasteiger partial charge in [-0.3, -0.25) is 4.68 Å². The van der Waals surface area contributed by atoms with Crippen LogP contribution in [0.5, 0.6) is 0 Å². The van der Waals surface area contributed by atoms with Crippen LogP contribution >= 0.6 is 12.6 Å². The Balaban J connectivity index is 2.92. The zero-order valence-corrected chi connectivity index (χ0v) is 5.60. The first-order valence-electron chi connectivity index (χ1n) is 2.55. The summed E-state index contributed by atoms with van der Waals surface area (Å²) >= 11 is 4.13.